The minimum Gasteiger partial charge on any atom is -0.376 e. The topological polar surface area (TPSA) is 89.3 Å². The Hall–Kier alpha value is -2.00. The Kier molecular flexibility index (Phi) is 5.98. The van der Waals surface area contributed by atoms with Crippen LogP contribution in [0.15, 0.2) is 11.2 Å². The lowest BCUT2D eigenvalue weighted by molar-refractivity contribution is 0.114. The van der Waals surface area contributed by atoms with Crippen LogP contribution in [0.2, 0.25) is 0 Å². The zero-order valence-electron chi connectivity index (χ0n) is 14.9. The van der Waals surface area contributed by atoms with Gasteiger partial charge in [-0.05, 0) is 26.7 Å². The van der Waals surface area contributed by atoms with Crippen LogP contribution in [0, 0.1) is 13.8 Å². The molecule has 0 aromatic carbocycles. The predicted molar refractivity (Wildman–Crippen MR) is 97.5 cm³/mol. The fraction of sp³-hybridized carbons (Fsp3) is 0.625. The molecule has 0 amide bonds. The summed E-state index contributed by atoms with van der Waals surface area (Å²) >= 11 is 1.69. The second-order valence-corrected chi connectivity index (χ2v) is 7.44. The summed E-state index contributed by atoms with van der Waals surface area (Å²) < 4.78 is 7.62. The Balaban J connectivity index is 1.61. The Labute approximate surface area is 151 Å². The van der Waals surface area contributed by atoms with Crippen LogP contribution >= 0.6 is 11.3 Å². The molecule has 9 heteroatoms. The molecule has 2 aromatic rings. The van der Waals surface area contributed by atoms with Gasteiger partial charge in [0.05, 0.1) is 12.6 Å². The Morgan fingerprint density at radius 3 is 2.92 bits per heavy atom. The number of ether oxygens (including phenoxy) is 1. The molecular formula is C16H25N7OS. The summed E-state index contributed by atoms with van der Waals surface area (Å²) in [5.74, 6) is 2.45. The SMILES string of the molecule is Cc1cnc(CNC(=NCc2nnc(C)n2C)NCC2CCCO2)s1. The average Bonchev–Trinajstić information content (AvgIpc) is 3.32. The molecule has 0 radical (unpaired) electrons. The van der Waals surface area contributed by atoms with Crippen LogP contribution in [0.5, 0.6) is 0 Å². The summed E-state index contributed by atoms with van der Waals surface area (Å²) in [5, 5.41) is 16.0. The number of rotatable bonds is 6. The minimum atomic E-state index is 0.256. The average molecular weight is 363 g/mol. The van der Waals surface area contributed by atoms with E-state index in [0.717, 1.165) is 48.6 Å². The minimum absolute atomic E-state index is 0.256. The van der Waals surface area contributed by atoms with E-state index in [1.165, 1.54) is 4.88 Å². The molecule has 136 valence electrons. The number of hydrogen-bond donors (Lipinski definition) is 2. The van der Waals surface area contributed by atoms with Gasteiger partial charge in [-0.3, -0.25) is 0 Å². The molecule has 1 unspecified atom stereocenters. The Morgan fingerprint density at radius 1 is 1.40 bits per heavy atom. The van der Waals surface area contributed by atoms with Crippen molar-refractivity contribution in [3.8, 4) is 0 Å². The first-order chi connectivity index (χ1) is 12.1. The van der Waals surface area contributed by atoms with Crippen LogP contribution in [0.3, 0.4) is 0 Å². The van der Waals surface area contributed by atoms with Gasteiger partial charge in [-0.1, -0.05) is 0 Å². The monoisotopic (exact) mass is 363 g/mol. The van der Waals surface area contributed by atoms with E-state index in [1.54, 1.807) is 11.3 Å². The standard InChI is InChI=1S/C16H25N7OS/c1-11-7-17-15(25-11)10-20-16(18-8-13-5-4-6-24-13)19-9-14-22-21-12(2)23(14)3/h7,13H,4-6,8-10H2,1-3H3,(H2,18,19,20). The molecule has 1 saturated heterocycles. The van der Waals surface area contributed by atoms with Crippen molar-refractivity contribution in [1.29, 1.82) is 0 Å². The molecule has 8 nitrogen and oxygen atoms in total. The van der Waals surface area contributed by atoms with Gasteiger partial charge < -0.3 is 19.9 Å². The fourth-order valence-corrected chi connectivity index (χ4v) is 3.30. The van der Waals surface area contributed by atoms with Gasteiger partial charge in [-0.15, -0.1) is 21.5 Å². The zero-order valence-corrected chi connectivity index (χ0v) is 15.8. The van der Waals surface area contributed by atoms with Crippen molar-refractivity contribution in [2.24, 2.45) is 12.0 Å². The largest absolute Gasteiger partial charge is 0.376 e. The summed E-state index contributed by atoms with van der Waals surface area (Å²) in [6.07, 6.45) is 4.36. The van der Waals surface area contributed by atoms with Crippen molar-refractivity contribution < 1.29 is 4.74 Å². The number of nitrogens with zero attached hydrogens (tertiary/aromatic N) is 5. The maximum Gasteiger partial charge on any atom is 0.192 e. The maximum atomic E-state index is 5.67. The highest BCUT2D eigenvalue weighted by Crippen LogP contribution is 2.11. The zero-order chi connectivity index (χ0) is 17.6. The molecule has 0 bridgehead atoms. The van der Waals surface area contributed by atoms with Crippen molar-refractivity contribution in [2.45, 2.75) is 45.9 Å². The lowest BCUT2D eigenvalue weighted by Crippen LogP contribution is -2.40. The highest BCUT2D eigenvalue weighted by atomic mass is 32.1. The van der Waals surface area contributed by atoms with Gasteiger partial charge in [-0.25, -0.2) is 9.98 Å². The molecule has 25 heavy (non-hydrogen) atoms. The highest BCUT2D eigenvalue weighted by Gasteiger charge is 2.16. The quantitative estimate of drug-likeness (QED) is 0.594. The fourth-order valence-electron chi connectivity index (χ4n) is 2.57. The lowest BCUT2D eigenvalue weighted by Gasteiger charge is -2.15. The first-order valence-corrected chi connectivity index (χ1v) is 9.33. The van der Waals surface area contributed by atoms with Gasteiger partial charge in [0, 0.05) is 31.3 Å². The van der Waals surface area contributed by atoms with Crippen molar-refractivity contribution in [1.82, 2.24) is 30.4 Å². The number of aryl methyl sites for hydroxylation is 2. The van der Waals surface area contributed by atoms with Gasteiger partial charge in [0.25, 0.3) is 0 Å². The number of nitrogens with one attached hydrogen (secondary N) is 2. The van der Waals surface area contributed by atoms with Crippen LogP contribution in [-0.2, 0) is 24.9 Å². The van der Waals surface area contributed by atoms with E-state index in [2.05, 4.69) is 37.7 Å². The Morgan fingerprint density at radius 2 is 2.28 bits per heavy atom. The summed E-state index contributed by atoms with van der Waals surface area (Å²) in [4.78, 5) is 10.2. The molecule has 1 aliphatic rings. The van der Waals surface area contributed by atoms with E-state index in [4.69, 9.17) is 4.74 Å². The van der Waals surface area contributed by atoms with E-state index in [-0.39, 0.29) is 6.10 Å². The molecule has 3 rings (SSSR count). The Bertz CT molecular complexity index is 718. The molecular weight excluding hydrogens is 338 g/mol. The lowest BCUT2D eigenvalue weighted by atomic mass is 10.2. The molecule has 1 aliphatic heterocycles. The van der Waals surface area contributed by atoms with E-state index >= 15 is 0 Å². The second-order valence-electron chi connectivity index (χ2n) is 6.12. The molecule has 1 atom stereocenters. The van der Waals surface area contributed by atoms with Gasteiger partial charge in [0.1, 0.15) is 17.4 Å². The van der Waals surface area contributed by atoms with Crippen molar-refractivity contribution >= 4 is 17.3 Å². The van der Waals surface area contributed by atoms with E-state index < -0.39 is 0 Å². The van der Waals surface area contributed by atoms with Crippen molar-refractivity contribution in [3.05, 3.63) is 27.7 Å². The molecule has 0 saturated carbocycles. The first kappa shape index (κ1) is 17.8. The van der Waals surface area contributed by atoms with Crippen LogP contribution in [-0.4, -0.2) is 45.0 Å². The first-order valence-electron chi connectivity index (χ1n) is 8.52. The van der Waals surface area contributed by atoms with E-state index in [0.29, 0.717) is 13.1 Å². The summed E-state index contributed by atoms with van der Waals surface area (Å²) in [6, 6.07) is 0. The number of aromatic nitrogens is 4. The summed E-state index contributed by atoms with van der Waals surface area (Å²) in [7, 11) is 1.95. The van der Waals surface area contributed by atoms with Crippen LogP contribution in [0.1, 0.15) is 34.4 Å². The number of aliphatic imine (C=N–C) groups is 1. The predicted octanol–water partition coefficient (Wildman–Crippen LogP) is 1.30. The van der Waals surface area contributed by atoms with Gasteiger partial charge in [0.2, 0.25) is 0 Å². The molecule has 2 N–H and O–H groups in total. The van der Waals surface area contributed by atoms with Crippen molar-refractivity contribution in [3.63, 3.8) is 0 Å². The van der Waals surface area contributed by atoms with Crippen LogP contribution in [0.4, 0.5) is 0 Å². The van der Waals surface area contributed by atoms with E-state index in [1.807, 2.05) is 24.7 Å². The van der Waals surface area contributed by atoms with E-state index in [9.17, 15) is 0 Å². The van der Waals surface area contributed by atoms with Gasteiger partial charge in [0.15, 0.2) is 11.8 Å². The third-order valence-corrected chi connectivity index (χ3v) is 5.07. The normalized spacial score (nSPS) is 17.9. The smallest absolute Gasteiger partial charge is 0.192 e. The number of thiazole rings is 1. The van der Waals surface area contributed by atoms with Crippen molar-refractivity contribution in [2.75, 3.05) is 13.2 Å². The molecule has 0 aliphatic carbocycles. The summed E-state index contributed by atoms with van der Waals surface area (Å²) in [6.45, 7) is 6.70. The number of guanidine groups is 1. The van der Waals surface area contributed by atoms with Gasteiger partial charge >= 0.3 is 0 Å². The number of hydrogen-bond acceptors (Lipinski definition) is 6. The summed E-state index contributed by atoms with van der Waals surface area (Å²) in [5.41, 5.74) is 0. The maximum absolute atomic E-state index is 5.67. The second kappa shape index (κ2) is 8.39. The van der Waals surface area contributed by atoms with Crippen LogP contribution in [0.25, 0.3) is 0 Å². The van der Waals surface area contributed by atoms with Gasteiger partial charge in [-0.2, -0.15) is 0 Å². The molecule has 0 spiro atoms. The third kappa shape index (κ3) is 4.99. The van der Waals surface area contributed by atoms with Crippen LogP contribution < -0.4 is 10.6 Å². The highest BCUT2D eigenvalue weighted by molar-refractivity contribution is 7.11. The molecule has 2 aromatic heterocycles. The molecule has 1 fully saturated rings. The molecule has 3 heterocycles. The third-order valence-electron chi connectivity index (χ3n) is 4.16.